The molecule has 1 N–H and O–H groups in total. The van der Waals surface area contributed by atoms with Crippen LogP contribution in [0.15, 0.2) is 24.3 Å². The molecular weight excluding hydrogens is 270 g/mol. The highest BCUT2D eigenvalue weighted by Gasteiger charge is 2.15. The molecule has 0 saturated carbocycles. The Hall–Kier alpha value is -2.08. The average molecular weight is 293 g/mol. The molecule has 0 saturated heterocycles. The van der Waals surface area contributed by atoms with Crippen molar-refractivity contribution in [1.29, 1.82) is 0 Å². The Balaban J connectivity index is 2.64. The minimum atomic E-state index is -0.178. The third-order valence-electron chi connectivity index (χ3n) is 2.95. The first kappa shape index (κ1) is 17.0. The smallest absolute Gasteiger partial charge is 0.240 e. The molecular formula is C15H23N3O3. The lowest BCUT2D eigenvalue weighted by molar-refractivity contribution is -0.123. The van der Waals surface area contributed by atoms with Crippen LogP contribution < -0.4 is 15.0 Å². The van der Waals surface area contributed by atoms with Crippen LogP contribution in [-0.4, -0.2) is 57.6 Å². The monoisotopic (exact) mass is 293 g/mol. The summed E-state index contributed by atoms with van der Waals surface area (Å²) in [6.45, 7) is 2.76. The normalized spacial score (nSPS) is 10.3. The fourth-order valence-electron chi connectivity index (χ4n) is 1.77. The third-order valence-corrected chi connectivity index (χ3v) is 2.95. The molecule has 0 aliphatic rings. The summed E-state index contributed by atoms with van der Waals surface area (Å²) >= 11 is 0. The number of amides is 2. The van der Waals surface area contributed by atoms with E-state index in [1.165, 1.54) is 11.8 Å². The van der Waals surface area contributed by atoms with Crippen molar-refractivity contribution >= 4 is 17.5 Å². The maximum atomic E-state index is 11.9. The van der Waals surface area contributed by atoms with Crippen molar-refractivity contribution in [3.05, 3.63) is 24.3 Å². The molecule has 1 rings (SSSR count). The Bertz CT molecular complexity index is 472. The Labute approximate surface area is 125 Å². The SMILES string of the molecule is COc1ccc(N(CC(=O)NCCN(C)C)C(C)=O)cc1. The quantitative estimate of drug-likeness (QED) is 0.805. The van der Waals surface area contributed by atoms with E-state index in [-0.39, 0.29) is 18.4 Å². The molecule has 0 heterocycles. The molecule has 116 valence electrons. The van der Waals surface area contributed by atoms with Crippen LogP contribution >= 0.6 is 0 Å². The van der Waals surface area contributed by atoms with E-state index in [4.69, 9.17) is 4.74 Å². The number of methoxy groups -OCH3 is 1. The number of benzene rings is 1. The standard InChI is InChI=1S/C15H23N3O3/c1-12(19)18(11-15(20)16-9-10-17(2)3)13-5-7-14(21-4)8-6-13/h5-8H,9-11H2,1-4H3,(H,16,20). The van der Waals surface area contributed by atoms with Gasteiger partial charge >= 0.3 is 0 Å². The van der Waals surface area contributed by atoms with Crippen LogP contribution in [0.1, 0.15) is 6.92 Å². The third kappa shape index (κ3) is 5.83. The lowest BCUT2D eigenvalue weighted by Crippen LogP contribution is -2.41. The van der Waals surface area contributed by atoms with Crippen molar-refractivity contribution in [3.63, 3.8) is 0 Å². The molecule has 0 aliphatic carbocycles. The van der Waals surface area contributed by atoms with E-state index in [0.717, 1.165) is 6.54 Å². The largest absolute Gasteiger partial charge is 0.497 e. The molecule has 1 aromatic rings. The molecule has 0 atom stereocenters. The van der Waals surface area contributed by atoms with E-state index >= 15 is 0 Å². The maximum absolute atomic E-state index is 11.9. The predicted octanol–water partition coefficient (Wildman–Crippen LogP) is 0.726. The highest BCUT2D eigenvalue weighted by molar-refractivity contribution is 5.97. The van der Waals surface area contributed by atoms with Crippen LogP contribution in [0.5, 0.6) is 5.75 Å². The Morgan fingerprint density at radius 1 is 1.19 bits per heavy atom. The number of anilines is 1. The maximum Gasteiger partial charge on any atom is 0.240 e. The summed E-state index contributed by atoms with van der Waals surface area (Å²) in [7, 11) is 5.45. The van der Waals surface area contributed by atoms with Crippen molar-refractivity contribution in [1.82, 2.24) is 10.2 Å². The number of nitrogens with one attached hydrogen (secondary N) is 1. The molecule has 1 aromatic carbocycles. The number of carbonyl (C=O) groups is 2. The molecule has 21 heavy (non-hydrogen) atoms. The first-order valence-corrected chi connectivity index (χ1v) is 6.77. The Kier molecular flexibility index (Phi) is 6.68. The first-order chi connectivity index (χ1) is 9.93. The zero-order chi connectivity index (χ0) is 15.8. The Morgan fingerprint density at radius 3 is 2.29 bits per heavy atom. The summed E-state index contributed by atoms with van der Waals surface area (Å²) in [5.41, 5.74) is 0.672. The van der Waals surface area contributed by atoms with Gasteiger partial charge in [0.1, 0.15) is 12.3 Å². The second kappa shape index (κ2) is 8.26. The van der Waals surface area contributed by atoms with Gasteiger partial charge in [-0.3, -0.25) is 9.59 Å². The number of rotatable bonds is 7. The number of likely N-dealkylation sites (N-methyl/N-ethyl adjacent to an activating group) is 1. The lowest BCUT2D eigenvalue weighted by atomic mass is 10.2. The molecule has 0 spiro atoms. The second-order valence-corrected chi connectivity index (χ2v) is 4.96. The number of carbonyl (C=O) groups excluding carboxylic acids is 2. The van der Waals surface area contributed by atoms with Gasteiger partial charge in [-0.05, 0) is 38.4 Å². The minimum absolute atomic E-state index is 0.00902. The van der Waals surface area contributed by atoms with Crippen LogP contribution in [0.4, 0.5) is 5.69 Å². The molecule has 0 aromatic heterocycles. The van der Waals surface area contributed by atoms with E-state index in [1.54, 1.807) is 31.4 Å². The average Bonchev–Trinajstić information content (AvgIpc) is 2.44. The second-order valence-electron chi connectivity index (χ2n) is 4.96. The van der Waals surface area contributed by atoms with Gasteiger partial charge in [0.15, 0.2) is 0 Å². The van der Waals surface area contributed by atoms with Crippen LogP contribution in [0, 0.1) is 0 Å². The Morgan fingerprint density at radius 2 is 1.81 bits per heavy atom. The van der Waals surface area contributed by atoms with E-state index in [1.807, 2.05) is 19.0 Å². The van der Waals surface area contributed by atoms with Gasteiger partial charge in [-0.25, -0.2) is 0 Å². The molecule has 6 heteroatoms. The molecule has 0 bridgehead atoms. The summed E-state index contributed by atoms with van der Waals surface area (Å²) in [4.78, 5) is 27.0. The topological polar surface area (TPSA) is 61.9 Å². The number of nitrogens with zero attached hydrogens (tertiary/aromatic N) is 2. The number of ether oxygens (including phenoxy) is 1. The van der Waals surface area contributed by atoms with E-state index in [0.29, 0.717) is 18.0 Å². The lowest BCUT2D eigenvalue weighted by Gasteiger charge is -2.21. The van der Waals surface area contributed by atoms with Gasteiger partial charge in [-0.1, -0.05) is 0 Å². The first-order valence-electron chi connectivity index (χ1n) is 6.77. The molecule has 0 radical (unpaired) electrons. The van der Waals surface area contributed by atoms with Crippen molar-refractivity contribution in [2.45, 2.75) is 6.92 Å². The van der Waals surface area contributed by atoms with Crippen LogP contribution in [0.3, 0.4) is 0 Å². The molecule has 0 aliphatic heterocycles. The van der Waals surface area contributed by atoms with Gasteiger partial charge in [-0.2, -0.15) is 0 Å². The molecule has 2 amide bonds. The van der Waals surface area contributed by atoms with Crippen molar-refractivity contribution in [2.75, 3.05) is 45.7 Å². The van der Waals surface area contributed by atoms with Gasteiger partial charge in [0.05, 0.1) is 7.11 Å². The molecule has 0 fully saturated rings. The minimum Gasteiger partial charge on any atom is -0.497 e. The van der Waals surface area contributed by atoms with Gasteiger partial charge in [0, 0.05) is 25.7 Å². The van der Waals surface area contributed by atoms with Crippen LogP contribution in [0.25, 0.3) is 0 Å². The predicted molar refractivity (Wildman–Crippen MR) is 82.6 cm³/mol. The summed E-state index contributed by atoms with van der Waals surface area (Å²) in [6.07, 6.45) is 0. The highest BCUT2D eigenvalue weighted by atomic mass is 16.5. The zero-order valence-electron chi connectivity index (χ0n) is 13.0. The van der Waals surface area contributed by atoms with Crippen molar-refractivity contribution in [2.24, 2.45) is 0 Å². The van der Waals surface area contributed by atoms with Crippen molar-refractivity contribution < 1.29 is 14.3 Å². The fraction of sp³-hybridized carbons (Fsp3) is 0.467. The summed E-state index contributed by atoms with van der Waals surface area (Å²) < 4.78 is 5.08. The molecule has 0 unspecified atom stereocenters. The van der Waals surface area contributed by atoms with Gasteiger partial charge in [-0.15, -0.1) is 0 Å². The van der Waals surface area contributed by atoms with Gasteiger partial charge in [0.25, 0.3) is 0 Å². The summed E-state index contributed by atoms with van der Waals surface area (Å²) in [5.74, 6) is 0.350. The molecule has 6 nitrogen and oxygen atoms in total. The number of hydrogen-bond donors (Lipinski definition) is 1. The fourth-order valence-corrected chi connectivity index (χ4v) is 1.77. The summed E-state index contributed by atoms with van der Waals surface area (Å²) in [6, 6.07) is 7.03. The van der Waals surface area contributed by atoms with Crippen LogP contribution in [-0.2, 0) is 9.59 Å². The zero-order valence-corrected chi connectivity index (χ0v) is 13.0. The number of hydrogen-bond acceptors (Lipinski definition) is 4. The van der Waals surface area contributed by atoms with Crippen molar-refractivity contribution in [3.8, 4) is 5.75 Å². The van der Waals surface area contributed by atoms with E-state index in [9.17, 15) is 9.59 Å². The van der Waals surface area contributed by atoms with E-state index in [2.05, 4.69) is 5.32 Å². The van der Waals surface area contributed by atoms with E-state index < -0.39 is 0 Å². The van der Waals surface area contributed by atoms with Gasteiger partial charge < -0.3 is 19.9 Å². The van der Waals surface area contributed by atoms with Crippen LogP contribution in [0.2, 0.25) is 0 Å². The highest BCUT2D eigenvalue weighted by Crippen LogP contribution is 2.19. The van der Waals surface area contributed by atoms with Gasteiger partial charge in [0.2, 0.25) is 11.8 Å². The summed E-state index contributed by atoms with van der Waals surface area (Å²) in [5, 5.41) is 2.79.